The molecular formula is C29H31N7O5S. The zero-order valence-electron chi connectivity index (χ0n) is 23.1. The van der Waals surface area contributed by atoms with Crippen LogP contribution < -0.4 is 19.5 Å². The van der Waals surface area contributed by atoms with E-state index in [1.165, 1.54) is 13.2 Å². The van der Waals surface area contributed by atoms with E-state index in [4.69, 9.17) is 14.2 Å². The lowest BCUT2D eigenvalue weighted by Crippen LogP contribution is -2.26. The largest absolute Gasteiger partial charge is 0.495 e. The summed E-state index contributed by atoms with van der Waals surface area (Å²) >= 11 is 0. The van der Waals surface area contributed by atoms with Gasteiger partial charge >= 0.3 is 0 Å². The van der Waals surface area contributed by atoms with E-state index in [0.29, 0.717) is 54.8 Å². The van der Waals surface area contributed by atoms with E-state index in [1.54, 1.807) is 49.1 Å². The van der Waals surface area contributed by atoms with Gasteiger partial charge in [0.05, 0.1) is 37.9 Å². The minimum Gasteiger partial charge on any atom is -0.495 e. The van der Waals surface area contributed by atoms with Crippen molar-refractivity contribution in [3.05, 3.63) is 72.9 Å². The van der Waals surface area contributed by atoms with Crippen LogP contribution in [-0.2, 0) is 21.3 Å². The standard InChI is InChI=1S/C29H31N7O5S/c1-39-27-18-23(4-6-28(27)42(37,38)33-10-2-13-36-14-12-31-20-36)34-29-32-11-7-25(35-29)21-3-5-26(22(17-21)19-30)41-24-8-15-40-16-9-24/h3-7,11-12,14,17-18,20,24,33H,2,8-10,13,15-16H2,1H3,(H,32,34,35). The summed E-state index contributed by atoms with van der Waals surface area (Å²) < 4.78 is 47.2. The third kappa shape index (κ3) is 7.22. The van der Waals surface area contributed by atoms with E-state index >= 15 is 0 Å². The lowest BCUT2D eigenvalue weighted by atomic mass is 10.1. The van der Waals surface area contributed by atoms with Gasteiger partial charge in [0, 0.05) is 61.8 Å². The topological polar surface area (TPSA) is 153 Å². The third-order valence-electron chi connectivity index (χ3n) is 6.67. The Hall–Kier alpha value is -4.51. The number of ether oxygens (including phenoxy) is 3. The summed E-state index contributed by atoms with van der Waals surface area (Å²) in [6.45, 7) is 2.21. The zero-order chi connectivity index (χ0) is 29.4. The fourth-order valence-corrected chi connectivity index (χ4v) is 5.72. The highest BCUT2D eigenvalue weighted by molar-refractivity contribution is 7.89. The van der Waals surface area contributed by atoms with Crippen LogP contribution in [0.5, 0.6) is 11.5 Å². The molecule has 0 bridgehead atoms. The SMILES string of the molecule is COc1cc(Nc2nccc(-c3ccc(OC4CCOCC4)c(C#N)c3)n2)ccc1S(=O)(=O)NCCCn1ccnc1. The van der Waals surface area contributed by atoms with Gasteiger partial charge in [-0.05, 0) is 42.8 Å². The molecule has 0 amide bonds. The molecule has 0 aliphatic carbocycles. The number of sulfonamides is 1. The predicted molar refractivity (Wildman–Crippen MR) is 155 cm³/mol. The Morgan fingerprint density at radius 2 is 1.98 bits per heavy atom. The van der Waals surface area contributed by atoms with Crippen LogP contribution in [0.3, 0.4) is 0 Å². The molecule has 0 radical (unpaired) electrons. The van der Waals surface area contributed by atoms with Gasteiger partial charge in [0.2, 0.25) is 16.0 Å². The second-order valence-electron chi connectivity index (χ2n) is 9.56. The van der Waals surface area contributed by atoms with Crippen LogP contribution in [0.4, 0.5) is 11.6 Å². The Kier molecular flexibility index (Phi) is 9.28. The van der Waals surface area contributed by atoms with Gasteiger partial charge in [-0.3, -0.25) is 0 Å². The van der Waals surface area contributed by atoms with Crippen LogP contribution in [0.15, 0.2) is 72.3 Å². The molecule has 0 unspecified atom stereocenters. The van der Waals surface area contributed by atoms with Gasteiger partial charge in [-0.15, -0.1) is 0 Å². The van der Waals surface area contributed by atoms with Gasteiger partial charge in [-0.1, -0.05) is 0 Å². The molecule has 5 rings (SSSR count). The molecule has 2 N–H and O–H groups in total. The number of imidazole rings is 1. The summed E-state index contributed by atoms with van der Waals surface area (Å²) in [5, 5.41) is 12.8. The smallest absolute Gasteiger partial charge is 0.244 e. The highest BCUT2D eigenvalue weighted by Crippen LogP contribution is 2.30. The number of anilines is 2. The van der Waals surface area contributed by atoms with E-state index in [1.807, 2.05) is 16.8 Å². The molecule has 3 heterocycles. The number of aryl methyl sites for hydroxylation is 1. The first-order valence-corrected chi connectivity index (χ1v) is 15.0. The van der Waals surface area contributed by atoms with E-state index in [0.717, 1.165) is 18.4 Å². The highest BCUT2D eigenvalue weighted by Gasteiger charge is 2.20. The van der Waals surface area contributed by atoms with Crippen LogP contribution in [0.25, 0.3) is 11.3 Å². The van der Waals surface area contributed by atoms with E-state index < -0.39 is 10.0 Å². The molecule has 0 spiro atoms. The minimum absolute atomic E-state index is 0.0218. The number of nitrogens with one attached hydrogen (secondary N) is 2. The summed E-state index contributed by atoms with van der Waals surface area (Å²) in [5.74, 6) is 1.01. The quantitative estimate of drug-likeness (QED) is 0.233. The Bertz CT molecular complexity index is 1650. The van der Waals surface area contributed by atoms with Crippen LogP contribution in [-0.4, -0.2) is 60.9 Å². The molecule has 0 atom stereocenters. The molecule has 13 heteroatoms. The molecule has 218 valence electrons. The minimum atomic E-state index is -3.80. The van der Waals surface area contributed by atoms with Crippen LogP contribution >= 0.6 is 0 Å². The van der Waals surface area contributed by atoms with Crippen molar-refractivity contribution in [2.75, 3.05) is 32.2 Å². The lowest BCUT2D eigenvalue weighted by Gasteiger charge is -2.23. The average Bonchev–Trinajstić information content (AvgIpc) is 3.54. The number of rotatable bonds is 12. The normalized spacial score (nSPS) is 13.8. The number of hydrogen-bond acceptors (Lipinski definition) is 10. The second kappa shape index (κ2) is 13.4. The molecule has 1 fully saturated rings. The number of aromatic nitrogens is 4. The molecule has 2 aromatic heterocycles. The van der Waals surface area contributed by atoms with E-state index in [9.17, 15) is 13.7 Å². The van der Waals surface area contributed by atoms with Gasteiger partial charge in [0.25, 0.3) is 0 Å². The summed E-state index contributed by atoms with van der Waals surface area (Å²) in [7, 11) is -2.38. The fraction of sp³-hybridized carbons (Fsp3) is 0.310. The lowest BCUT2D eigenvalue weighted by molar-refractivity contribution is 0.0254. The first kappa shape index (κ1) is 29.0. The molecule has 42 heavy (non-hydrogen) atoms. The second-order valence-corrected chi connectivity index (χ2v) is 11.3. The summed E-state index contributed by atoms with van der Waals surface area (Å²) in [6.07, 6.45) is 8.99. The van der Waals surface area contributed by atoms with Crippen LogP contribution in [0, 0.1) is 11.3 Å². The van der Waals surface area contributed by atoms with Crippen molar-refractivity contribution in [3.8, 4) is 28.8 Å². The number of nitrogens with zero attached hydrogens (tertiary/aromatic N) is 5. The molecule has 0 saturated carbocycles. The Morgan fingerprint density at radius 3 is 2.74 bits per heavy atom. The maximum absolute atomic E-state index is 12.9. The molecule has 1 aliphatic rings. The van der Waals surface area contributed by atoms with Crippen molar-refractivity contribution >= 4 is 21.7 Å². The third-order valence-corrected chi connectivity index (χ3v) is 8.17. The van der Waals surface area contributed by atoms with Gasteiger partial charge in [-0.25, -0.2) is 28.1 Å². The Morgan fingerprint density at radius 1 is 1.12 bits per heavy atom. The van der Waals surface area contributed by atoms with Crippen molar-refractivity contribution in [1.82, 2.24) is 24.2 Å². The summed E-state index contributed by atoms with van der Waals surface area (Å²) in [4.78, 5) is 12.9. The molecule has 2 aromatic carbocycles. The first-order chi connectivity index (χ1) is 20.4. The van der Waals surface area contributed by atoms with Crippen molar-refractivity contribution in [3.63, 3.8) is 0 Å². The maximum Gasteiger partial charge on any atom is 0.244 e. The molecule has 1 aliphatic heterocycles. The number of nitriles is 1. The maximum atomic E-state index is 12.9. The monoisotopic (exact) mass is 589 g/mol. The van der Waals surface area contributed by atoms with Gasteiger partial charge in [0.15, 0.2) is 0 Å². The van der Waals surface area contributed by atoms with Crippen LogP contribution in [0.2, 0.25) is 0 Å². The zero-order valence-corrected chi connectivity index (χ0v) is 23.9. The Labute approximate surface area is 244 Å². The first-order valence-electron chi connectivity index (χ1n) is 13.5. The fourth-order valence-electron chi connectivity index (χ4n) is 4.49. The predicted octanol–water partition coefficient (Wildman–Crippen LogP) is 3.89. The highest BCUT2D eigenvalue weighted by atomic mass is 32.2. The van der Waals surface area contributed by atoms with Crippen molar-refractivity contribution in [2.45, 2.75) is 36.8 Å². The summed E-state index contributed by atoms with van der Waals surface area (Å²) in [5.41, 5.74) is 2.30. The van der Waals surface area contributed by atoms with Crippen molar-refractivity contribution < 1.29 is 22.6 Å². The molecule has 12 nitrogen and oxygen atoms in total. The number of hydrogen-bond donors (Lipinski definition) is 2. The molecule has 4 aromatic rings. The van der Waals surface area contributed by atoms with Crippen LogP contribution in [0.1, 0.15) is 24.8 Å². The van der Waals surface area contributed by atoms with Gasteiger partial charge in [0.1, 0.15) is 28.6 Å². The van der Waals surface area contributed by atoms with Gasteiger partial charge < -0.3 is 24.1 Å². The number of methoxy groups -OCH3 is 1. The number of benzene rings is 2. The van der Waals surface area contributed by atoms with Gasteiger partial charge in [-0.2, -0.15) is 5.26 Å². The molecule has 1 saturated heterocycles. The average molecular weight is 590 g/mol. The van der Waals surface area contributed by atoms with E-state index in [-0.39, 0.29) is 23.3 Å². The van der Waals surface area contributed by atoms with Crippen molar-refractivity contribution in [1.29, 1.82) is 5.26 Å². The summed E-state index contributed by atoms with van der Waals surface area (Å²) in [6, 6.07) is 14.0. The Balaban J connectivity index is 1.27. The van der Waals surface area contributed by atoms with Crippen molar-refractivity contribution in [2.24, 2.45) is 0 Å². The van der Waals surface area contributed by atoms with E-state index in [2.05, 4.69) is 31.1 Å². The molecular weight excluding hydrogens is 558 g/mol.